The third-order valence-corrected chi connectivity index (χ3v) is 4.46. The minimum Gasteiger partial charge on any atom is -0.143 e. The molecule has 0 aliphatic rings. The lowest BCUT2D eigenvalue weighted by Crippen LogP contribution is -1.83. The Labute approximate surface area is 101 Å². The maximum Gasteiger partial charge on any atom is 0.0503 e. The van der Waals surface area contributed by atoms with Crippen molar-refractivity contribution in [2.45, 2.75) is 10.8 Å². The van der Waals surface area contributed by atoms with Gasteiger partial charge in [0.25, 0.3) is 0 Å². The summed E-state index contributed by atoms with van der Waals surface area (Å²) in [4.78, 5) is 1.22. The van der Waals surface area contributed by atoms with E-state index >= 15 is 0 Å². The van der Waals surface area contributed by atoms with Crippen molar-refractivity contribution >= 4 is 56.4 Å². The minimum atomic E-state index is 0.477. The van der Waals surface area contributed by atoms with Crippen molar-refractivity contribution in [1.82, 2.24) is 0 Å². The van der Waals surface area contributed by atoms with E-state index in [-0.39, 0.29) is 0 Å². The van der Waals surface area contributed by atoms with Crippen molar-refractivity contribution in [3.63, 3.8) is 0 Å². The molecule has 0 aliphatic heterocycles. The minimum absolute atomic E-state index is 0.477. The Morgan fingerprint density at radius 3 is 2.93 bits per heavy atom. The summed E-state index contributed by atoms with van der Waals surface area (Å²) in [5.41, 5.74) is 1.05. The molecule has 1 aromatic heterocycles. The van der Waals surface area contributed by atoms with Gasteiger partial charge in [0.05, 0.1) is 5.88 Å². The predicted molar refractivity (Wildman–Crippen MR) is 68.2 cm³/mol. The van der Waals surface area contributed by atoms with E-state index in [2.05, 4.69) is 17.7 Å². The summed E-state index contributed by atoms with van der Waals surface area (Å²) in [6, 6.07) is 4.12. The van der Waals surface area contributed by atoms with Crippen molar-refractivity contribution < 1.29 is 0 Å². The predicted octanol–water partition coefficient (Wildman–Crippen LogP) is 5.02. The lowest BCUT2D eigenvalue weighted by Gasteiger charge is -2.05. The number of rotatable bonds is 2. The zero-order valence-corrected chi connectivity index (χ0v) is 10.7. The molecule has 0 saturated heterocycles. The quantitative estimate of drug-likeness (QED) is 0.541. The molecule has 0 atom stereocenters. The van der Waals surface area contributed by atoms with Crippen LogP contribution >= 0.6 is 46.3 Å². The Hall–Kier alpha value is 0.110. The van der Waals surface area contributed by atoms with E-state index in [1.807, 2.05) is 6.07 Å². The van der Waals surface area contributed by atoms with Crippen LogP contribution in [0.1, 0.15) is 5.56 Å². The average molecular weight is 263 g/mol. The number of hydrogen-bond donors (Lipinski definition) is 0. The Kier molecular flexibility index (Phi) is 3.27. The topological polar surface area (TPSA) is 0 Å². The molecular weight excluding hydrogens is 255 g/mol. The molecule has 0 amide bonds. The van der Waals surface area contributed by atoms with Crippen LogP contribution in [0.4, 0.5) is 0 Å². The largest absolute Gasteiger partial charge is 0.143 e. The Morgan fingerprint density at radius 1 is 1.50 bits per heavy atom. The number of halogens is 2. The summed E-state index contributed by atoms with van der Waals surface area (Å²) in [7, 11) is 0. The zero-order chi connectivity index (χ0) is 10.1. The molecule has 1 heterocycles. The molecule has 74 valence electrons. The fourth-order valence-corrected chi connectivity index (χ4v) is 3.90. The fourth-order valence-electron chi connectivity index (χ4n) is 1.42. The molecule has 0 saturated carbocycles. The van der Waals surface area contributed by atoms with E-state index in [0.29, 0.717) is 5.88 Å². The highest BCUT2D eigenvalue weighted by molar-refractivity contribution is 7.98. The summed E-state index contributed by atoms with van der Waals surface area (Å²) in [5.74, 6) is 0.477. The van der Waals surface area contributed by atoms with Crippen LogP contribution in [0, 0.1) is 0 Å². The maximum atomic E-state index is 6.15. The molecule has 0 radical (unpaired) electrons. The Morgan fingerprint density at radius 2 is 2.29 bits per heavy atom. The maximum absolute atomic E-state index is 6.15. The van der Waals surface area contributed by atoms with Gasteiger partial charge in [-0.15, -0.1) is 34.7 Å². The van der Waals surface area contributed by atoms with Gasteiger partial charge in [-0.1, -0.05) is 11.6 Å². The molecule has 0 aliphatic carbocycles. The average Bonchev–Trinajstić information content (AvgIpc) is 2.65. The Balaban J connectivity index is 2.81. The van der Waals surface area contributed by atoms with Crippen molar-refractivity contribution in [3.05, 3.63) is 28.1 Å². The highest BCUT2D eigenvalue weighted by Gasteiger charge is 2.10. The van der Waals surface area contributed by atoms with Gasteiger partial charge in [-0.3, -0.25) is 0 Å². The molecule has 14 heavy (non-hydrogen) atoms. The molecule has 0 spiro atoms. The SMILES string of the molecule is CSc1cc(Cl)c(CCl)c2sccc12. The monoisotopic (exact) mass is 262 g/mol. The molecule has 0 unspecified atom stereocenters. The van der Waals surface area contributed by atoms with Crippen LogP contribution < -0.4 is 0 Å². The van der Waals surface area contributed by atoms with Gasteiger partial charge < -0.3 is 0 Å². The van der Waals surface area contributed by atoms with Crippen LogP contribution in [0.5, 0.6) is 0 Å². The van der Waals surface area contributed by atoms with Crippen molar-refractivity contribution in [2.75, 3.05) is 6.26 Å². The molecule has 0 N–H and O–H groups in total. The van der Waals surface area contributed by atoms with Gasteiger partial charge in [-0.25, -0.2) is 0 Å². The molecular formula is C10H8Cl2S2. The second kappa shape index (κ2) is 4.31. The second-order valence-electron chi connectivity index (χ2n) is 2.84. The van der Waals surface area contributed by atoms with E-state index in [9.17, 15) is 0 Å². The van der Waals surface area contributed by atoms with Gasteiger partial charge in [-0.2, -0.15) is 0 Å². The van der Waals surface area contributed by atoms with E-state index in [1.54, 1.807) is 23.1 Å². The summed E-state index contributed by atoms with van der Waals surface area (Å²) >= 11 is 15.4. The van der Waals surface area contributed by atoms with Gasteiger partial charge >= 0.3 is 0 Å². The van der Waals surface area contributed by atoms with Gasteiger partial charge in [0.1, 0.15) is 0 Å². The summed E-state index contributed by atoms with van der Waals surface area (Å²) in [5, 5.41) is 4.12. The number of thiophene rings is 1. The van der Waals surface area contributed by atoms with Crippen LogP contribution in [0.15, 0.2) is 22.4 Å². The molecule has 1 aromatic carbocycles. The number of benzene rings is 1. The lowest BCUT2D eigenvalue weighted by atomic mass is 10.2. The van der Waals surface area contributed by atoms with E-state index in [0.717, 1.165) is 10.6 Å². The molecule has 0 bridgehead atoms. The molecule has 0 fully saturated rings. The first-order chi connectivity index (χ1) is 6.77. The summed E-state index contributed by atoms with van der Waals surface area (Å²) in [6.45, 7) is 0. The third kappa shape index (κ3) is 1.65. The molecule has 4 heteroatoms. The lowest BCUT2D eigenvalue weighted by molar-refractivity contribution is 1.43. The van der Waals surface area contributed by atoms with Gasteiger partial charge in [0.2, 0.25) is 0 Å². The van der Waals surface area contributed by atoms with Crippen LogP contribution in [0.25, 0.3) is 10.1 Å². The smallest absolute Gasteiger partial charge is 0.0503 e. The first-order valence-corrected chi connectivity index (χ1v) is 7.08. The van der Waals surface area contributed by atoms with E-state index in [1.165, 1.54) is 15.0 Å². The standard InChI is InChI=1S/C10H8Cl2S2/c1-13-9-4-8(12)7(5-11)10-6(9)2-3-14-10/h2-4H,5H2,1H3. The Bertz CT molecular complexity index is 462. The van der Waals surface area contributed by atoms with Gasteiger partial charge in [0.15, 0.2) is 0 Å². The normalized spacial score (nSPS) is 11.1. The van der Waals surface area contributed by atoms with Gasteiger partial charge in [0, 0.05) is 25.6 Å². The molecule has 2 aromatic rings. The summed E-state index contributed by atoms with van der Waals surface area (Å²) in [6.07, 6.45) is 2.06. The zero-order valence-electron chi connectivity index (χ0n) is 7.51. The van der Waals surface area contributed by atoms with Crippen LogP contribution in [0.2, 0.25) is 5.02 Å². The van der Waals surface area contributed by atoms with Gasteiger partial charge in [-0.05, 0) is 23.8 Å². The van der Waals surface area contributed by atoms with Crippen molar-refractivity contribution in [2.24, 2.45) is 0 Å². The highest BCUT2D eigenvalue weighted by Crippen LogP contribution is 2.37. The van der Waals surface area contributed by atoms with Crippen molar-refractivity contribution in [1.29, 1.82) is 0 Å². The van der Waals surface area contributed by atoms with Crippen LogP contribution in [-0.4, -0.2) is 6.26 Å². The number of thioether (sulfide) groups is 1. The summed E-state index contributed by atoms with van der Waals surface area (Å²) < 4.78 is 1.22. The van der Waals surface area contributed by atoms with Crippen LogP contribution in [-0.2, 0) is 5.88 Å². The molecule has 0 nitrogen and oxygen atoms in total. The first kappa shape index (κ1) is 10.6. The van der Waals surface area contributed by atoms with Crippen molar-refractivity contribution in [3.8, 4) is 0 Å². The second-order valence-corrected chi connectivity index (χ2v) is 5.27. The number of hydrogen-bond acceptors (Lipinski definition) is 2. The first-order valence-electron chi connectivity index (χ1n) is 4.06. The van der Waals surface area contributed by atoms with E-state index < -0.39 is 0 Å². The number of fused-ring (bicyclic) bond motifs is 1. The fraction of sp³-hybridized carbons (Fsp3) is 0.200. The third-order valence-electron chi connectivity index (χ3n) is 2.10. The van der Waals surface area contributed by atoms with Crippen LogP contribution in [0.3, 0.4) is 0 Å². The number of alkyl halides is 1. The van der Waals surface area contributed by atoms with E-state index in [4.69, 9.17) is 23.2 Å². The highest BCUT2D eigenvalue weighted by atomic mass is 35.5. The molecule has 2 rings (SSSR count).